The quantitative estimate of drug-likeness (QED) is 0.575. The Kier molecular flexibility index (Phi) is 1.63. The molecule has 0 aliphatic heterocycles. The van der Waals surface area contributed by atoms with E-state index in [1.54, 1.807) is 12.2 Å². The van der Waals surface area contributed by atoms with Gasteiger partial charge in [-0.2, -0.15) is 0 Å². The Hall–Kier alpha value is -0.920. The van der Waals surface area contributed by atoms with Crippen LogP contribution in [-0.4, -0.2) is 12.5 Å². The highest BCUT2D eigenvalue weighted by molar-refractivity contribution is 5.71. The van der Waals surface area contributed by atoms with Crippen LogP contribution in [0.15, 0.2) is 23.8 Å². The summed E-state index contributed by atoms with van der Waals surface area (Å²) in [6, 6.07) is 0. The summed E-state index contributed by atoms with van der Waals surface area (Å²) in [5.74, 6) is 0. The first-order valence-corrected chi connectivity index (χ1v) is 4.26. The lowest BCUT2D eigenvalue weighted by molar-refractivity contribution is -0.111. The third-order valence-electron chi connectivity index (χ3n) is 2.64. The third-order valence-corrected chi connectivity index (χ3v) is 2.64. The molecule has 2 rings (SSSR count). The van der Waals surface area contributed by atoms with E-state index in [0.717, 1.165) is 24.7 Å². The lowest BCUT2D eigenvalue weighted by atomic mass is 9.92. The van der Waals surface area contributed by atoms with Gasteiger partial charge in [0.25, 0.3) is 0 Å². The summed E-state index contributed by atoms with van der Waals surface area (Å²) in [5, 5.41) is 0. The summed E-state index contributed by atoms with van der Waals surface area (Å²) in [6.45, 7) is 0. The first-order valence-electron chi connectivity index (χ1n) is 4.26. The zero-order valence-electron chi connectivity index (χ0n) is 6.79. The van der Waals surface area contributed by atoms with Crippen molar-refractivity contribution in [2.75, 3.05) is 0 Å². The van der Waals surface area contributed by atoms with Gasteiger partial charge in [-0.3, -0.25) is 0 Å². The standard InChI is InChI=1S/C10H11FO/c11-9-3-1-8(2-4-9)10(7-12)5-6-10/h1-3,7,9H,4-6H2. The van der Waals surface area contributed by atoms with Crippen LogP contribution < -0.4 is 0 Å². The van der Waals surface area contributed by atoms with E-state index in [1.165, 1.54) is 0 Å². The molecule has 0 aromatic carbocycles. The molecule has 0 aromatic rings. The number of alkyl halides is 1. The van der Waals surface area contributed by atoms with Crippen molar-refractivity contribution in [2.24, 2.45) is 5.41 Å². The van der Waals surface area contributed by atoms with Gasteiger partial charge in [-0.25, -0.2) is 4.39 Å². The highest BCUT2D eigenvalue weighted by Crippen LogP contribution is 2.51. The third kappa shape index (κ3) is 1.11. The van der Waals surface area contributed by atoms with E-state index in [1.807, 2.05) is 6.08 Å². The van der Waals surface area contributed by atoms with E-state index in [4.69, 9.17) is 0 Å². The van der Waals surface area contributed by atoms with Crippen molar-refractivity contribution >= 4 is 6.29 Å². The molecule has 2 aliphatic rings. The van der Waals surface area contributed by atoms with Crippen LogP contribution >= 0.6 is 0 Å². The highest BCUT2D eigenvalue weighted by Gasteiger charge is 2.45. The molecule has 0 N–H and O–H groups in total. The maximum Gasteiger partial charge on any atom is 0.130 e. The fraction of sp³-hybridized carbons (Fsp3) is 0.500. The molecule has 1 fully saturated rings. The van der Waals surface area contributed by atoms with E-state index in [2.05, 4.69) is 0 Å². The average Bonchev–Trinajstić information content (AvgIpc) is 2.86. The van der Waals surface area contributed by atoms with Gasteiger partial charge in [0.1, 0.15) is 12.5 Å². The second-order valence-corrected chi connectivity index (χ2v) is 3.54. The molecule has 1 atom stereocenters. The summed E-state index contributed by atoms with van der Waals surface area (Å²) in [4.78, 5) is 10.7. The first kappa shape index (κ1) is 7.71. The van der Waals surface area contributed by atoms with Gasteiger partial charge in [0, 0.05) is 6.42 Å². The van der Waals surface area contributed by atoms with E-state index in [9.17, 15) is 9.18 Å². The minimum absolute atomic E-state index is 0.226. The molecule has 0 heterocycles. The Morgan fingerprint density at radius 3 is 2.75 bits per heavy atom. The van der Waals surface area contributed by atoms with Gasteiger partial charge in [0.15, 0.2) is 0 Å². The summed E-state index contributed by atoms with van der Waals surface area (Å²) in [6.07, 6.45) is 7.60. The number of aldehydes is 1. The van der Waals surface area contributed by atoms with Crippen LogP contribution in [-0.2, 0) is 4.79 Å². The zero-order valence-corrected chi connectivity index (χ0v) is 6.79. The Labute approximate surface area is 71.0 Å². The molecule has 2 aliphatic carbocycles. The summed E-state index contributed by atoms with van der Waals surface area (Å²) in [5.41, 5.74) is 0.794. The van der Waals surface area contributed by atoms with Crippen molar-refractivity contribution in [3.63, 3.8) is 0 Å². The van der Waals surface area contributed by atoms with Crippen molar-refractivity contribution in [1.29, 1.82) is 0 Å². The van der Waals surface area contributed by atoms with Crippen LogP contribution in [0.1, 0.15) is 19.3 Å². The monoisotopic (exact) mass is 166 g/mol. The van der Waals surface area contributed by atoms with Gasteiger partial charge in [-0.05, 0) is 18.4 Å². The fourth-order valence-electron chi connectivity index (χ4n) is 1.57. The zero-order chi connectivity index (χ0) is 8.60. The second kappa shape index (κ2) is 2.54. The molecular weight excluding hydrogens is 155 g/mol. The highest BCUT2D eigenvalue weighted by atomic mass is 19.1. The second-order valence-electron chi connectivity index (χ2n) is 3.54. The average molecular weight is 166 g/mol. The Morgan fingerprint density at radius 2 is 2.33 bits per heavy atom. The minimum Gasteiger partial charge on any atom is -0.302 e. The van der Waals surface area contributed by atoms with Crippen LogP contribution in [0.25, 0.3) is 0 Å². The van der Waals surface area contributed by atoms with Crippen LogP contribution in [0.2, 0.25) is 0 Å². The molecule has 1 unspecified atom stereocenters. The molecule has 1 nitrogen and oxygen atoms in total. The summed E-state index contributed by atoms with van der Waals surface area (Å²) >= 11 is 0. The van der Waals surface area contributed by atoms with Crippen LogP contribution in [0.3, 0.4) is 0 Å². The molecule has 0 radical (unpaired) electrons. The summed E-state index contributed by atoms with van der Waals surface area (Å²) < 4.78 is 12.6. The van der Waals surface area contributed by atoms with Crippen molar-refractivity contribution in [3.8, 4) is 0 Å². The first-order chi connectivity index (χ1) is 5.77. The van der Waals surface area contributed by atoms with Crippen molar-refractivity contribution in [3.05, 3.63) is 23.8 Å². The normalized spacial score (nSPS) is 31.1. The number of hydrogen-bond acceptors (Lipinski definition) is 1. The number of carbonyl (C=O) groups excluding carboxylic acids is 1. The van der Waals surface area contributed by atoms with Crippen molar-refractivity contribution in [2.45, 2.75) is 25.4 Å². The fourth-order valence-corrected chi connectivity index (χ4v) is 1.57. The molecule has 0 bridgehead atoms. The SMILES string of the molecule is O=CC1(C2=CCC(F)C=C2)CC1. The maximum absolute atomic E-state index is 12.6. The Morgan fingerprint density at radius 1 is 1.58 bits per heavy atom. The van der Waals surface area contributed by atoms with Gasteiger partial charge in [0.05, 0.1) is 5.41 Å². The predicted octanol–water partition coefficient (Wildman–Crippen LogP) is 2.19. The molecular formula is C10H11FO. The van der Waals surface area contributed by atoms with E-state index in [-0.39, 0.29) is 5.41 Å². The van der Waals surface area contributed by atoms with Gasteiger partial charge in [-0.15, -0.1) is 0 Å². The van der Waals surface area contributed by atoms with Gasteiger partial charge in [-0.1, -0.05) is 18.2 Å². The van der Waals surface area contributed by atoms with E-state index < -0.39 is 6.17 Å². The molecule has 0 aromatic heterocycles. The van der Waals surface area contributed by atoms with Crippen molar-refractivity contribution in [1.82, 2.24) is 0 Å². The van der Waals surface area contributed by atoms with E-state index in [0.29, 0.717) is 6.42 Å². The number of rotatable bonds is 2. The lowest BCUT2D eigenvalue weighted by Gasteiger charge is -2.13. The largest absolute Gasteiger partial charge is 0.302 e. The number of halogens is 1. The molecule has 0 amide bonds. The van der Waals surface area contributed by atoms with Crippen LogP contribution in [0.5, 0.6) is 0 Å². The minimum atomic E-state index is -0.851. The number of hydrogen-bond donors (Lipinski definition) is 0. The molecule has 0 saturated heterocycles. The van der Waals surface area contributed by atoms with Crippen LogP contribution in [0, 0.1) is 5.41 Å². The number of carbonyl (C=O) groups is 1. The van der Waals surface area contributed by atoms with E-state index >= 15 is 0 Å². The number of allylic oxidation sites excluding steroid dienone is 4. The Bertz CT molecular complexity index is 261. The maximum atomic E-state index is 12.6. The van der Waals surface area contributed by atoms with Gasteiger partial charge < -0.3 is 4.79 Å². The topological polar surface area (TPSA) is 17.1 Å². The Balaban J connectivity index is 2.16. The molecule has 64 valence electrons. The molecule has 1 saturated carbocycles. The smallest absolute Gasteiger partial charge is 0.130 e. The lowest BCUT2D eigenvalue weighted by Crippen LogP contribution is -2.09. The van der Waals surface area contributed by atoms with Gasteiger partial charge in [0.2, 0.25) is 0 Å². The predicted molar refractivity (Wildman–Crippen MR) is 44.5 cm³/mol. The molecule has 12 heavy (non-hydrogen) atoms. The molecule has 0 spiro atoms. The van der Waals surface area contributed by atoms with Crippen molar-refractivity contribution < 1.29 is 9.18 Å². The molecule has 2 heteroatoms. The van der Waals surface area contributed by atoms with Crippen LogP contribution in [0.4, 0.5) is 4.39 Å². The van der Waals surface area contributed by atoms with Gasteiger partial charge >= 0.3 is 0 Å². The summed E-state index contributed by atoms with van der Waals surface area (Å²) in [7, 11) is 0.